The molecule has 0 aliphatic carbocycles. The summed E-state index contributed by atoms with van der Waals surface area (Å²) in [7, 11) is 0. The fourth-order valence-corrected chi connectivity index (χ4v) is 2.58. The maximum Gasteiger partial charge on any atom is 0.344 e. The van der Waals surface area contributed by atoms with Crippen LogP contribution in [0.4, 0.5) is 0 Å². The predicted molar refractivity (Wildman–Crippen MR) is 93.4 cm³/mol. The van der Waals surface area contributed by atoms with E-state index in [2.05, 4.69) is 6.58 Å². The lowest BCUT2D eigenvalue weighted by atomic mass is 10.0. The second-order valence-electron chi connectivity index (χ2n) is 5.07. The molecule has 0 saturated heterocycles. The summed E-state index contributed by atoms with van der Waals surface area (Å²) in [6.45, 7) is 3.58. The summed E-state index contributed by atoms with van der Waals surface area (Å²) in [5.41, 5.74) is 1.22. The SMILES string of the molecule is C=CCOC(=O)c1ccc(-c2cc3ccccc3oc2=O)cc1Cl. The lowest BCUT2D eigenvalue weighted by Crippen LogP contribution is -2.07. The first-order chi connectivity index (χ1) is 11.6. The van der Waals surface area contributed by atoms with Crippen LogP contribution < -0.4 is 5.63 Å². The normalized spacial score (nSPS) is 10.5. The Morgan fingerprint density at radius 3 is 2.75 bits per heavy atom. The number of hydrogen-bond donors (Lipinski definition) is 0. The Labute approximate surface area is 142 Å². The minimum atomic E-state index is -0.544. The van der Waals surface area contributed by atoms with Crippen LogP contribution in [0, 0.1) is 0 Å². The van der Waals surface area contributed by atoms with Crippen molar-refractivity contribution >= 4 is 28.5 Å². The van der Waals surface area contributed by atoms with Crippen molar-refractivity contribution in [3.8, 4) is 11.1 Å². The van der Waals surface area contributed by atoms with Crippen molar-refractivity contribution in [2.24, 2.45) is 0 Å². The number of rotatable bonds is 4. The average Bonchev–Trinajstić information content (AvgIpc) is 2.59. The van der Waals surface area contributed by atoms with E-state index in [4.69, 9.17) is 20.8 Å². The first-order valence-corrected chi connectivity index (χ1v) is 7.59. The molecule has 0 unspecified atom stereocenters. The number of para-hydroxylation sites is 1. The molecule has 0 atom stereocenters. The highest BCUT2D eigenvalue weighted by atomic mass is 35.5. The topological polar surface area (TPSA) is 56.5 Å². The van der Waals surface area contributed by atoms with Gasteiger partial charge in [-0.15, -0.1) is 0 Å². The molecule has 2 aromatic carbocycles. The van der Waals surface area contributed by atoms with E-state index in [-0.39, 0.29) is 17.2 Å². The molecular formula is C19H13ClO4. The molecule has 1 aromatic heterocycles. The van der Waals surface area contributed by atoms with Crippen LogP contribution >= 0.6 is 11.6 Å². The van der Waals surface area contributed by atoms with Crippen molar-refractivity contribution in [2.45, 2.75) is 0 Å². The van der Waals surface area contributed by atoms with Crippen molar-refractivity contribution in [3.05, 3.63) is 82.2 Å². The number of benzene rings is 2. The quantitative estimate of drug-likeness (QED) is 0.400. The molecule has 3 rings (SSSR count). The van der Waals surface area contributed by atoms with Crippen LogP contribution in [-0.2, 0) is 4.74 Å². The van der Waals surface area contributed by atoms with Gasteiger partial charge in [-0.3, -0.25) is 0 Å². The Hall–Kier alpha value is -2.85. The van der Waals surface area contributed by atoms with Crippen molar-refractivity contribution < 1.29 is 13.9 Å². The fourth-order valence-electron chi connectivity index (χ4n) is 2.32. The van der Waals surface area contributed by atoms with Gasteiger partial charge >= 0.3 is 11.6 Å². The van der Waals surface area contributed by atoms with Gasteiger partial charge in [0, 0.05) is 5.39 Å². The molecule has 5 heteroatoms. The fraction of sp³-hybridized carbons (Fsp3) is 0.0526. The van der Waals surface area contributed by atoms with Crippen LogP contribution in [-0.4, -0.2) is 12.6 Å². The zero-order valence-corrected chi connectivity index (χ0v) is 13.4. The van der Waals surface area contributed by atoms with Crippen LogP contribution in [0.3, 0.4) is 0 Å². The van der Waals surface area contributed by atoms with Crippen molar-refractivity contribution in [3.63, 3.8) is 0 Å². The minimum absolute atomic E-state index is 0.102. The molecule has 1 heterocycles. The Bertz CT molecular complexity index is 988. The monoisotopic (exact) mass is 340 g/mol. The Morgan fingerprint density at radius 1 is 1.21 bits per heavy atom. The summed E-state index contributed by atoms with van der Waals surface area (Å²) < 4.78 is 10.3. The van der Waals surface area contributed by atoms with Crippen LogP contribution in [0.25, 0.3) is 22.1 Å². The summed E-state index contributed by atoms with van der Waals surface area (Å²) in [5.74, 6) is -0.544. The van der Waals surface area contributed by atoms with E-state index in [1.807, 2.05) is 12.1 Å². The minimum Gasteiger partial charge on any atom is -0.458 e. The average molecular weight is 341 g/mol. The molecule has 0 N–H and O–H groups in total. The predicted octanol–water partition coefficient (Wildman–Crippen LogP) is 4.46. The smallest absolute Gasteiger partial charge is 0.344 e. The third-order valence-corrected chi connectivity index (χ3v) is 3.79. The highest BCUT2D eigenvalue weighted by molar-refractivity contribution is 6.33. The molecular weight excluding hydrogens is 328 g/mol. The molecule has 0 aliphatic rings. The second-order valence-corrected chi connectivity index (χ2v) is 5.47. The first kappa shape index (κ1) is 16.0. The molecule has 4 nitrogen and oxygen atoms in total. The molecule has 0 fully saturated rings. The van der Waals surface area contributed by atoms with E-state index in [1.54, 1.807) is 30.3 Å². The van der Waals surface area contributed by atoms with Gasteiger partial charge in [0.1, 0.15) is 12.2 Å². The van der Waals surface area contributed by atoms with E-state index in [0.717, 1.165) is 5.39 Å². The summed E-state index contributed by atoms with van der Waals surface area (Å²) in [5, 5.41) is 1.01. The van der Waals surface area contributed by atoms with Gasteiger partial charge in [0.2, 0.25) is 0 Å². The van der Waals surface area contributed by atoms with E-state index in [0.29, 0.717) is 16.7 Å². The van der Waals surface area contributed by atoms with Crippen molar-refractivity contribution in [2.75, 3.05) is 6.61 Å². The van der Waals surface area contributed by atoms with Gasteiger partial charge in [-0.2, -0.15) is 0 Å². The third kappa shape index (κ3) is 3.09. The van der Waals surface area contributed by atoms with E-state index in [1.165, 1.54) is 12.1 Å². The maximum absolute atomic E-state index is 12.2. The maximum atomic E-state index is 12.2. The number of esters is 1. The molecule has 120 valence electrons. The zero-order valence-electron chi connectivity index (χ0n) is 12.6. The van der Waals surface area contributed by atoms with Gasteiger partial charge in [-0.1, -0.05) is 48.5 Å². The lowest BCUT2D eigenvalue weighted by Gasteiger charge is -2.07. The third-order valence-electron chi connectivity index (χ3n) is 3.47. The molecule has 3 aromatic rings. The Balaban J connectivity index is 2.03. The van der Waals surface area contributed by atoms with Crippen molar-refractivity contribution in [1.82, 2.24) is 0 Å². The molecule has 0 radical (unpaired) electrons. The summed E-state index contributed by atoms with van der Waals surface area (Å²) >= 11 is 6.16. The number of halogens is 1. The Morgan fingerprint density at radius 2 is 2.00 bits per heavy atom. The number of carbonyl (C=O) groups excluding carboxylic acids is 1. The number of carbonyl (C=O) groups is 1. The van der Waals surface area contributed by atoms with E-state index in [9.17, 15) is 9.59 Å². The van der Waals surface area contributed by atoms with Crippen molar-refractivity contribution in [1.29, 1.82) is 0 Å². The number of ether oxygens (including phenoxy) is 1. The molecule has 0 aliphatic heterocycles. The van der Waals surface area contributed by atoms with Crippen LogP contribution in [0.1, 0.15) is 10.4 Å². The van der Waals surface area contributed by atoms with Gasteiger partial charge in [0.05, 0.1) is 16.1 Å². The number of hydrogen-bond acceptors (Lipinski definition) is 4. The van der Waals surface area contributed by atoms with E-state index >= 15 is 0 Å². The highest BCUT2D eigenvalue weighted by Crippen LogP contribution is 2.26. The van der Waals surface area contributed by atoms with Gasteiger partial charge in [-0.05, 0) is 29.8 Å². The summed E-state index contributed by atoms with van der Waals surface area (Å²) in [6.07, 6.45) is 1.47. The second kappa shape index (κ2) is 6.72. The number of fused-ring (bicyclic) bond motifs is 1. The molecule has 0 bridgehead atoms. The first-order valence-electron chi connectivity index (χ1n) is 7.21. The van der Waals surface area contributed by atoms with Crippen LogP contribution in [0.2, 0.25) is 5.02 Å². The Kier molecular flexibility index (Phi) is 4.49. The van der Waals surface area contributed by atoms with Crippen LogP contribution in [0.5, 0.6) is 0 Å². The van der Waals surface area contributed by atoms with Gasteiger partial charge in [0.15, 0.2) is 0 Å². The summed E-state index contributed by atoms with van der Waals surface area (Å²) in [6, 6.07) is 13.7. The molecule has 24 heavy (non-hydrogen) atoms. The molecule has 0 spiro atoms. The zero-order chi connectivity index (χ0) is 17.1. The van der Waals surface area contributed by atoms with Gasteiger partial charge in [-0.25, -0.2) is 9.59 Å². The largest absolute Gasteiger partial charge is 0.458 e. The highest BCUT2D eigenvalue weighted by Gasteiger charge is 2.14. The standard InChI is InChI=1S/C19H13ClO4/c1-2-9-23-18(21)14-8-7-12(11-16(14)20)15-10-13-5-3-4-6-17(13)24-19(15)22/h2-8,10-11H,1,9H2. The van der Waals surface area contributed by atoms with E-state index < -0.39 is 11.6 Å². The molecule has 0 amide bonds. The summed E-state index contributed by atoms with van der Waals surface area (Å²) in [4.78, 5) is 24.1. The molecule has 0 saturated carbocycles. The lowest BCUT2D eigenvalue weighted by molar-refractivity contribution is 0.0550. The van der Waals surface area contributed by atoms with Gasteiger partial charge in [0.25, 0.3) is 0 Å². The van der Waals surface area contributed by atoms with Crippen LogP contribution in [0.15, 0.2) is 70.4 Å². The van der Waals surface area contributed by atoms with Gasteiger partial charge < -0.3 is 9.15 Å².